The number of ether oxygens (including phenoxy) is 1. The lowest BCUT2D eigenvalue weighted by atomic mass is 9.89. The van der Waals surface area contributed by atoms with Crippen molar-refractivity contribution < 1.29 is 9.53 Å². The van der Waals surface area contributed by atoms with E-state index >= 15 is 0 Å². The number of anilines is 1. The van der Waals surface area contributed by atoms with Gasteiger partial charge in [-0.25, -0.2) is 4.79 Å². The number of rotatable bonds is 1. The van der Waals surface area contributed by atoms with Crippen LogP contribution in [-0.2, 0) is 0 Å². The van der Waals surface area contributed by atoms with Gasteiger partial charge >= 0.3 is 6.03 Å². The fraction of sp³-hybridized carbons (Fsp3) is 0.316. The molecular weight excluding hydrogens is 288 g/mol. The number of urea groups is 1. The van der Waals surface area contributed by atoms with Gasteiger partial charge in [-0.15, -0.1) is 0 Å². The molecule has 2 aliphatic rings. The SMILES string of the molecule is Cc1ccc(N2C(=O)N[C@@H]3C[C@]2(C)Oc2ccc(C)cc23)cc1. The lowest BCUT2D eigenvalue weighted by molar-refractivity contribution is 0.0378. The molecule has 2 atom stereocenters. The molecule has 0 saturated carbocycles. The summed E-state index contributed by atoms with van der Waals surface area (Å²) in [5.74, 6) is 0.853. The molecule has 2 bridgehead atoms. The number of nitrogens with zero attached hydrogens (tertiary/aromatic N) is 1. The van der Waals surface area contributed by atoms with E-state index in [4.69, 9.17) is 4.74 Å². The third kappa shape index (κ3) is 2.17. The van der Waals surface area contributed by atoms with Crippen LogP contribution < -0.4 is 15.0 Å². The van der Waals surface area contributed by atoms with Crippen LogP contribution in [0.3, 0.4) is 0 Å². The third-order valence-electron chi connectivity index (χ3n) is 4.72. The molecule has 2 heterocycles. The van der Waals surface area contributed by atoms with Gasteiger partial charge in [-0.1, -0.05) is 35.4 Å². The average molecular weight is 308 g/mol. The molecule has 2 amide bonds. The summed E-state index contributed by atoms with van der Waals surface area (Å²) < 4.78 is 6.28. The molecule has 4 nitrogen and oxygen atoms in total. The minimum absolute atomic E-state index is 0.00199. The number of hydrogen-bond acceptors (Lipinski definition) is 2. The highest BCUT2D eigenvalue weighted by Gasteiger charge is 2.49. The molecule has 4 rings (SSSR count). The molecule has 0 radical (unpaired) electrons. The van der Waals surface area contributed by atoms with Crippen molar-refractivity contribution >= 4 is 11.7 Å². The predicted octanol–water partition coefficient (Wildman–Crippen LogP) is 4.07. The molecule has 2 aromatic rings. The van der Waals surface area contributed by atoms with Crippen molar-refractivity contribution in [2.24, 2.45) is 0 Å². The van der Waals surface area contributed by atoms with Crippen molar-refractivity contribution in [3.63, 3.8) is 0 Å². The Hall–Kier alpha value is -2.49. The lowest BCUT2D eigenvalue weighted by Crippen LogP contribution is -2.65. The van der Waals surface area contributed by atoms with Crippen molar-refractivity contribution in [3.8, 4) is 5.75 Å². The largest absolute Gasteiger partial charge is 0.467 e. The van der Waals surface area contributed by atoms with Crippen molar-refractivity contribution in [2.45, 2.75) is 39.0 Å². The first-order chi connectivity index (χ1) is 11.0. The summed E-state index contributed by atoms with van der Waals surface area (Å²) in [4.78, 5) is 14.5. The van der Waals surface area contributed by atoms with E-state index in [1.54, 1.807) is 4.90 Å². The van der Waals surface area contributed by atoms with Gasteiger partial charge in [0.05, 0.1) is 6.04 Å². The number of nitrogens with one attached hydrogen (secondary N) is 1. The van der Waals surface area contributed by atoms with Crippen molar-refractivity contribution in [1.82, 2.24) is 5.32 Å². The maximum atomic E-state index is 12.7. The predicted molar refractivity (Wildman–Crippen MR) is 89.8 cm³/mol. The highest BCUT2D eigenvalue weighted by Crippen LogP contribution is 2.45. The fourth-order valence-electron chi connectivity index (χ4n) is 3.58. The molecule has 118 valence electrons. The van der Waals surface area contributed by atoms with Gasteiger partial charge in [0.25, 0.3) is 0 Å². The summed E-state index contributed by atoms with van der Waals surface area (Å²) in [6.07, 6.45) is 0.725. The second kappa shape index (κ2) is 4.75. The van der Waals surface area contributed by atoms with Gasteiger partial charge in [0.2, 0.25) is 0 Å². The van der Waals surface area contributed by atoms with E-state index in [2.05, 4.69) is 18.3 Å². The Kier molecular flexibility index (Phi) is 2.92. The number of fused-ring (bicyclic) bond motifs is 4. The number of hydrogen-bond donors (Lipinski definition) is 1. The number of aryl methyl sites for hydroxylation is 2. The molecule has 23 heavy (non-hydrogen) atoms. The number of carbonyl (C=O) groups is 1. The molecular formula is C19H20N2O2. The molecule has 4 heteroatoms. The monoisotopic (exact) mass is 308 g/mol. The van der Waals surface area contributed by atoms with E-state index in [0.29, 0.717) is 0 Å². The first-order valence-electron chi connectivity index (χ1n) is 7.93. The van der Waals surface area contributed by atoms with Crippen LogP contribution in [0, 0.1) is 13.8 Å². The average Bonchev–Trinajstić information content (AvgIpc) is 2.49. The zero-order chi connectivity index (χ0) is 16.2. The Balaban J connectivity index is 1.79. The van der Waals surface area contributed by atoms with Gasteiger partial charge in [-0.05, 0) is 39.0 Å². The van der Waals surface area contributed by atoms with Crippen LogP contribution in [0.25, 0.3) is 0 Å². The normalized spacial score (nSPS) is 25.4. The van der Waals surface area contributed by atoms with E-state index in [1.165, 1.54) is 11.1 Å². The first-order valence-corrected chi connectivity index (χ1v) is 7.93. The van der Waals surface area contributed by atoms with E-state index < -0.39 is 5.72 Å². The van der Waals surface area contributed by atoms with E-state index in [-0.39, 0.29) is 12.1 Å². The summed E-state index contributed by atoms with van der Waals surface area (Å²) in [7, 11) is 0. The Morgan fingerprint density at radius 3 is 2.57 bits per heavy atom. The molecule has 1 saturated heterocycles. The third-order valence-corrected chi connectivity index (χ3v) is 4.72. The van der Waals surface area contributed by atoms with Crippen molar-refractivity contribution in [3.05, 3.63) is 59.2 Å². The quantitative estimate of drug-likeness (QED) is 0.862. The highest BCUT2D eigenvalue weighted by atomic mass is 16.5. The van der Waals surface area contributed by atoms with Crippen LogP contribution in [0.5, 0.6) is 5.75 Å². The van der Waals surface area contributed by atoms with E-state index in [0.717, 1.165) is 23.4 Å². The van der Waals surface area contributed by atoms with Gasteiger partial charge < -0.3 is 10.1 Å². The molecule has 0 unspecified atom stereocenters. The van der Waals surface area contributed by atoms with Crippen LogP contribution in [0.1, 0.15) is 36.1 Å². The topological polar surface area (TPSA) is 41.6 Å². The number of carbonyl (C=O) groups excluding carboxylic acids is 1. The second-order valence-electron chi connectivity index (χ2n) is 6.70. The van der Waals surface area contributed by atoms with E-state index in [1.807, 2.05) is 50.2 Å². The van der Waals surface area contributed by atoms with Gasteiger partial charge in [-0.2, -0.15) is 0 Å². The first kappa shape index (κ1) is 14.1. The second-order valence-corrected chi connectivity index (χ2v) is 6.70. The zero-order valence-electron chi connectivity index (χ0n) is 13.6. The molecule has 1 N–H and O–H groups in total. The Labute approximate surface area is 136 Å². The lowest BCUT2D eigenvalue weighted by Gasteiger charge is -2.50. The van der Waals surface area contributed by atoms with Gasteiger partial charge in [-0.3, -0.25) is 4.90 Å². The molecule has 0 aromatic heterocycles. The summed E-state index contributed by atoms with van der Waals surface area (Å²) in [5.41, 5.74) is 3.58. The van der Waals surface area contributed by atoms with Crippen molar-refractivity contribution in [1.29, 1.82) is 0 Å². The molecule has 2 aliphatic heterocycles. The minimum atomic E-state index is -0.676. The Bertz CT molecular complexity index is 784. The fourth-order valence-corrected chi connectivity index (χ4v) is 3.58. The molecule has 1 fully saturated rings. The van der Waals surface area contributed by atoms with Crippen LogP contribution in [0.15, 0.2) is 42.5 Å². The Morgan fingerprint density at radius 1 is 1.13 bits per heavy atom. The molecule has 0 aliphatic carbocycles. The molecule has 2 aromatic carbocycles. The van der Waals surface area contributed by atoms with Gasteiger partial charge in [0.15, 0.2) is 5.72 Å². The Morgan fingerprint density at radius 2 is 1.83 bits per heavy atom. The van der Waals surface area contributed by atoms with Gasteiger partial charge in [0.1, 0.15) is 5.75 Å². The summed E-state index contributed by atoms with van der Waals surface area (Å²) in [5, 5.41) is 3.13. The highest BCUT2D eigenvalue weighted by molar-refractivity contribution is 5.94. The van der Waals surface area contributed by atoms with Gasteiger partial charge in [0, 0.05) is 17.7 Å². The maximum Gasteiger partial charge on any atom is 0.325 e. The number of benzene rings is 2. The van der Waals surface area contributed by atoms with Crippen LogP contribution in [0.4, 0.5) is 10.5 Å². The maximum absolute atomic E-state index is 12.7. The van der Waals surface area contributed by atoms with Crippen LogP contribution in [-0.4, -0.2) is 11.8 Å². The summed E-state index contributed by atoms with van der Waals surface area (Å²) in [6.45, 7) is 6.08. The standard InChI is InChI=1S/C19H20N2O2/c1-12-4-7-14(8-5-12)21-18(22)20-16-11-19(21,3)23-17-9-6-13(2)10-15(16)17/h4-10,16H,11H2,1-3H3,(H,20,22)/t16-,19+/m1/s1. The number of amides is 2. The minimum Gasteiger partial charge on any atom is -0.467 e. The van der Waals surface area contributed by atoms with Crippen molar-refractivity contribution in [2.75, 3.05) is 4.90 Å². The zero-order valence-corrected chi connectivity index (χ0v) is 13.6. The molecule has 0 spiro atoms. The van der Waals surface area contributed by atoms with E-state index in [9.17, 15) is 4.79 Å². The smallest absolute Gasteiger partial charge is 0.325 e. The van der Waals surface area contributed by atoms with Crippen LogP contribution >= 0.6 is 0 Å². The van der Waals surface area contributed by atoms with Crippen LogP contribution in [0.2, 0.25) is 0 Å². The summed E-state index contributed by atoms with van der Waals surface area (Å²) >= 11 is 0. The summed E-state index contributed by atoms with van der Waals surface area (Å²) in [6, 6.07) is 14.0.